The van der Waals surface area contributed by atoms with E-state index in [4.69, 9.17) is 4.74 Å². The lowest BCUT2D eigenvalue weighted by atomic mass is 10.1. The van der Waals surface area contributed by atoms with Gasteiger partial charge in [-0.1, -0.05) is 54.6 Å². The predicted molar refractivity (Wildman–Crippen MR) is 149 cm³/mol. The van der Waals surface area contributed by atoms with Crippen LogP contribution in [0.5, 0.6) is 0 Å². The van der Waals surface area contributed by atoms with E-state index in [1.165, 1.54) is 0 Å². The maximum atomic E-state index is 13.7. The van der Waals surface area contributed by atoms with Crippen LogP contribution in [0.1, 0.15) is 21.6 Å². The van der Waals surface area contributed by atoms with Crippen molar-refractivity contribution in [1.82, 2.24) is 14.7 Å². The molecule has 4 rings (SSSR count). The minimum absolute atomic E-state index is 0.0132. The Labute approximate surface area is 223 Å². The van der Waals surface area contributed by atoms with Crippen LogP contribution in [-0.4, -0.2) is 72.6 Å². The zero-order chi connectivity index (χ0) is 26.0. The molecule has 2 aromatic carbocycles. The molecule has 0 unspecified atom stereocenters. The molecule has 0 radical (unpaired) electrons. The molecule has 37 heavy (non-hydrogen) atoms. The van der Waals surface area contributed by atoms with Gasteiger partial charge in [0.2, 0.25) is 5.91 Å². The Hall–Kier alpha value is -3.20. The number of urea groups is 1. The Morgan fingerprint density at radius 3 is 2.32 bits per heavy atom. The second-order valence-corrected chi connectivity index (χ2v) is 10.4. The minimum atomic E-state index is -0.255. The monoisotopic (exact) mass is 520 g/mol. The molecular weight excluding hydrogens is 484 g/mol. The van der Waals surface area contributed by atoms with Crippen LogP contribution in [0.4, 0.5) is 10.5 Å². The van der Waals surface area contributed by atoms with E-state index in [1.807, 2.05) is 84.8 Å². The molecule has 0 bridgehead atoms. The highest BCUT2D eigenvalue weighted by Gasteiger charge is 2.24. The molecule has 1 aromatic heterocycles. The van der Waals surface area contributed by atoms with Crippen molar-refractivity contribution in [1.29, 1.82) is 0 Å². The first-order valence-electron chi connectivity index (χ1n) is 12.8. The molecule has 7 nitrogen and oxygen atoms in total. The average Bonchev–Trinajstić information content (AvgIpc) is 3.42. The normalized spacial score (nSPS) is 13.8. The van der Waals surface area contributed by atoms with Gasteiger partial charge in [-0.25, -0.2) is 4.79 Å². The number of para-hydroxylation sites is 1. The Bertz CT molecular complexity index is 1130. The number of nitrogens with zero attached hydrogens (tertiary/aromatic N) is 3. The number of hydrogen-bond donors (Lipinski definition) is 1. The molecule has 2 heterocycles. The summed E-state index contributed by atoms with van der Waals surface area (Å²) in [5.74, 6) is -0.0733. The molecule has 3 aromatic rings. The van der Waals surface area contributed by atoms with Crippen molar-refractivity contribution in [2.45, 2.75) is 26.9 Å². The molecule has 0 saturated carbocycles. The molecule has 0 atom stereocenters. The summed E-state index contributed by atoms with van der Waals surface area (Å²) in [6, 6.07) is 19.7. The number of benzene rings is 2. The van der Waals surface area contributed by atoms with Crippen LogP contribution in [0, 0.1) is 13.8 Å². The van der Waals surface area contributed by atoms with Crippen molar-refractivity contribution >= 4 is 29.0 Å². The fourth-order valence-corrected chi connectivity index (χ4v) is 5.15. The van der Waals surface area contributed by atoms with Gasteiger partial charge in [-0.2, -0.15) is 0 Å². The van der Waals surface area contributed by atoms with Gasteiger partial charge in [-0.05, 0) is 42.0 Å². The smallest absolute Gasteiger partial charge is 0.322 e. The molecule has 1 saturated heterocycles. The molecule has 1 fully saturated rings. The first-order valence-corrected chi connectivity index (χ1v) is 13.6. The zero-order valence-electron chi connectivity index (χ0n) is 21.7. The summed E-state index contributed by atoms with van der Waals surface area (Å²) in [7, 11) is 0. The third-order valence-electron chi connectivity index (χ3n) is 6.61. The van der Waals surface area contributed by atoms with E-state index in [1.54, 1.807) is 16.2 Å². The van der Waals surface area contributed by atoms with Gasteiger partial charge in [0.25, 0.3) is 0 Å². The van der Waals surface area contributed by atoms with E-state index in [-0.39, 0.29) is 18.5 Å². The molecule has 0 aliphatic carbocycles. The van der Waals surface area contributed by atoms with Crippen LogP contribution >= 0.6 is 11.3 Å². The van der Waals surface area contributed by atoms with Gasteiger partial charge in [0, 0.05) is 43.3 Å². The highest BCUT2D eigenvalue weighted by atomic mass is 32.1. The highest BCUT2D eigenvalue weighted by molar-refractivity contribution is 7.09. The Kier molecular flexibility index (Phi) is 9.71. The van der Waals surface area contributed by atoms with E-state index in [0.717, 1.165) is 40.3 Å². The van der Waals surface area contributed by atoms with E-state index < -0.39 is 0 Å². The molecule has 1 aliphatic rings. The maximum Gasteiger partial charge on any atom is 0.322 e. The third-order valence-corrected chi connectivity index (χ3v) is 7.47. The molecule has 1 N–H and O–H groups in total. The number of anilines is 1. The Morgan fingerprint density at radius 2 is 1.65 bits per heavy atom. The van der Waals surface area contributed by atoms with E-state index in [2.05, 4.69) is 10.2 Å². The van der Waals surface area contributed by atoms with Gasteiger partial charge < -0.3 is 19.9 Å². The molecular formula is C29H36N4O3S. The predicted octanol–water partition coefficient (Wildman–Crippen LogP) is 4.76. The van der Waals surface area contributed by atoms with E-state index in [0.29, 0.717) is 39.4 Å². The number of nitrogens with one attached hydrogen (secondary N) is 1. The van der Waals surface area contributed by atoms with Gasteiger partial charge in [0.1, 0.15) is 6.54 Å². The summed E-state index contributed by atoms with van der Waals surface area (Å²) in [5, 5.41) is 5.10. The highest BCUT2D eigenvalue weighted by Crippen LogP contribution is 2.20. The summed E-state index contributed by atoms with van der Waals surface area (Å²) < 4.78 is 5.47. The molecule has 3 amide bonds. The van der Waals surface area contributed by atoms with Crippen LogP contribution in [-0.2, 0) is 22.6 Å². The molecule has 8 heteroatoms. The van der Waals surface area contributed by atoms with E-state index in [9.17, 15) is 9.59 Å². The summed E-state index contributed by atoms with van der Waals surface area (Å²) in [5.41, 5.74) is 3.86. The largest absolute Gasteiger partial charge is 0.379 e. The zero-order valence-corrected chi connectivity index (χ0v) is 22.5. The third kappa shape index (κ3) is 7.89. The maximum absolute atomic E-state index is 13.7. The number of aryl methyl sites for hydroxylation is 2. The topological polar surface area (TPSA) is 65.1 Å². The lowest BCUT2D eigenvalue weighted by Gasteiger charge is -2.31. The lowest BCUT2D eigenvalue weighted by molar-refractivity contribution is -0.133. The number of rotatable bonds is 10. The first kappa shape index (κ1) is 26.9. The molecule has 0 spiro atoms. The standard InChI is InChI=1S/C29H36N4O3S/c1-23-8-6-9-24(2)28(23)30-29(35)32(14-13-31-15-17-36-18-16-31)22-27(34)33(21-26-12-7-19-37-26)20-25-10-4-3-5-11-25/h3-12,19H,13-18,20-22H2,1-2H3,(H,30,35). The van der Waals surface area contributed by atoms with Crippen molar-refractivity contribution in [3.8, 4) is 0 Å². The second kappa shape index (κ2) is 13.4. The van der Waals surface area contributed by atoms with Gasteiger partial charge >= 0.3 is 6.03 Å². The van der Waals surface area contributed by atoms with Crippen molar-refractivity contribution in [2.75, 3.05) is 51.3 Å². The van der Waals surface area contributed by atoms with Crippen molar-refractivity contribution in [3.05, 3.63) is 87.6 Å². The molecule has 1 aliphatic heterocycles. The van der Waals surface area contributed by atoms with Crippen molar-refractivity contribution in [3.63, 3.8) is 0 Å². The number of carbonyl (C=O) groups excluding carboxylic acids is 2. The fourth-order valence-electron chi connectivity index (χ4n) is 4.43. The van der Waals surface area contributed by atoms with Crippen LogP contribution < -0.4 is 5.32 Å². The number of thiophene rings is 1. The number of hydrogen-bond acceptors (Lipinski definition) is 5. The Morgan fingerprint density at radius 1 is 0.919 bits per heavy atom. The number of morpholine rings is 1. The lowest BCUT2D eigenvalue weighted by Crippen LogP contribution is -2.48. The first-order chi connectivity index (χ1) is 18.0. The SMILES string of the molecule is Cc1cccc(C)c1NC(=O)N(CCN1CCOCC1)CC(=O)N(Cc1ccccc1)Cc1cccs1. The second-order valence-electron chi connectivity index (χ2n) is 9.39. The van der Waals surface area contributed by atoms with Gasteiger partial charge in [0.15, 0.2) is 0 Å². The van der Waals surface area contributed by atoms with Gasteiger partial charge in [-0.15, -0.1) is 11.3 Å². The number of amides is 3. The summed E-state index contributed by atoms with van der Waals surface area (Å²) >= 11 is 1.63. The van der Waals surface area contributed by atoms with Crippen LogP contribution in [0.15, 0.2) is 66.0 Å². The van der Waals surface area contributed by atoms with Gasteiger partial charge in [-0.3, -0.25) is 9.69 Å². The summed E-state index contributed by atoms with van der Waals surface area (Å²) in [6.45, 7) is 9.19. The fraction of sp³-hybridized carbons (Fsp3) is 0.379. The van der Waals surface area contributed by atoms with Gasteiger partial charge in [0.05, 0.1) is 19.8 Å². The molecule has 196 valence electrons. The van der Waals surface area contributed by atoms with Crippen molar-refractivity contribution in [2.24, 2.45) is 0 Å². The van der Waals surface area contributed by atoms with E-state index >= 15 is 0 Å². The van der Waals surface area contributed by atoms with Crippen LogP contribution in [0.25, 0.3) is 0 Å². The van der Waals surface area contributed by atoms with Crippen LogP contribution in [0.2, 0.25) is 0 Å². The average molecular weight is 521 g/mol. The number of carbonyl (C=O) groups is 2. The van der Waals surface area contributed by atoms with Crippen molar-refractivity contribution < 1.29 is 14.3 Å². The summed E-state index contributed by atoms with van der Waals surface area (Å²) in [4.78, 5) is 34.1. The quantitative estimate of drug-likeness (QED) is 0.419. The summed E-state index contributed by atoms with van der Waals surface area (Å²) in [6.07, 6.45) is 0. The van der Waals surface area contributed by atoms with Crippen LogP contribution in [0.3, 0.4) is 0 Å². The number of ether oxygens (including phenoxy) is 1. The minimum Gasteiger partial charge on any atom is -0.379 e. The Balaban J connectivity index is 1.51.